The lowest BCUT2D eigenvalue weighted by Gasteiger charge is -2.19. The summed E-state index contributed by atoms with van der Waals surface area (Å²) in [6.07, 6.45) is 4.03. The topological polar surface area (TPSA) is 29.9 Å². The zero-order valence-corrected chi connectivity index (χ0v) is 11.7. The summed E-state index contributed by atoms with van der Waals surface area (Å²) in [6, 6.07) is 3.53. The molecule has 0 amide bonds. The maximum Gasteiger partial charge on any atom is 0.130 e. The molecule has 0 radical (unpaired) electrons. The number of rotatable bonds is 6. The molecule has 1 aromatic carbocycles. The Labute approximate surface area is 117 Å². The highest BCUT2D eigenvalue weighted by molar-refractivity contribution is 5.24. The molecular weight excluding hydrogens is 260 g/mol. The van der Waals surface area contributed by atoms with E-state index < -0.39 is 17.7 Å². The van der Waals surface area contributed by atoms with Gasteiger partial charge < -0.3 is 9.88 Å². The predicted molar refractivity (Wildman–Crippen MR) is 74.4 cm³/mol. The third kappa shape index (κ3) is 3.04. The molecule has 0 aliphatic rings. The van der Waals surface area contributed by atoms with Crippen LogP contribution in [0, 0.1) is 11.6 Å². The van der Waals surface area contributed by atoms with Crippen molar-refractivity contribution in [2.75, 3.05) is 6.54 Å². The van der Waals surface area contributed by atoms with Crippen molar-refractivity contribution in [3.05, 3.63) is 53.6 Å². The fourth-order valence-corrected chi connectivity index (χ4v) is 2.37. The Hall–Kier alpha value is -1.75. The van der Waals surface area contributed by atoms with Crippen LogP contribution in [0.5, 0.6) is 0 Å². The monoisotopic (exact) mass is 279 g/mol. The number of benzene rings is 1. The first-order chi connectivity index (χ1) is 9.67. The van der Waals surface area contributed by atoms with Gasteiger partial charge in [0.1, 0.15) is 17.5 Å². The van der Waals surface area contributed by atoms with Crippen LogP contribution in [0.1, 0.15) is 31.3 Å². The molecule has 0 bridgehead atoms. The summed E-state index contributed by atoms with van der Waals surface area (Å²) in [5.74, 6) is -0.225. The van der Waals surface area contributed by atoms with E-state index in [4.69, 9.17) is 0 Å². The number of nitrogens with zero attached hydrogens (tertiary/aromatic N) is 2. The Balaban J connectivity index is 2.32. The zero-order chi connectivity index (χ0) is 14.5. The maximum atomic E-state index is 13.9. The lowest BCUT2D eigenvalue weighted by molar-refractivity contribution is 0.461. The smallest absolute Gasteiger partial charge is 0.130 e. The Morgan fingerprint density at radius 2 is 1.95 bits per heavy atom. The zero-order valence-electron chi connectivity index (χ0n) is 11.7. The van der Waals surface area contributed by atoms with Crippen LogP contribution in [0.15, 0.2) is 30.6 Å². The minimum atomic E-state index is -0.523. The van der Waals surface area contributed by atoms with Gasteiger partial charge in [0.15, 0.2) is 0 Å². The number of hydrogen-bond donors (Lipinski definition) is 1. The standard InChI is InChI=1S/C15H19F2N3/c1-3-18-13(10-14-19-8-9-20(14)4-2)15-11(16)6-5-7-12(15)17/h5-9,13,18H,3-4,10H2,1-2H3. The number of halogens is 2. The molecule has 3 nitrogen and oxygen atoms in total. The van der Waals surface area contributed by atoms with Crippen molar-refractivity contribution in [1.82, 2.24) is 14.9 Å². The average Bonchev–Trinajstić information content (AvgIpc) is 2.86. The number of aromatic nitrogens is 2. The largest absolute Gasteiger partial charge is 0.335 e. The summed E-state index contributed by atoms with van der Waals surface area (Å²) < 4.78 is 29.8. The van der Waals surface area contributed by atoms with Gasteiger partial charge in [0.25, 0.3) is 0 Å². The van der Waals surface area contributed by atoms with Gasteiger partial charge in [-0.05, 0) is 25.6 Å². The highest BCUT2D eigenvalue weighted by atomic mass is 19.1. The van der Waals surface area contributed by atoms with Gasteiger partial charge in [-0.2, -0.15) is 0 Å². The van der Waals surface area contributed by atoms with Crippen molar-refractivity contribution in [3.63, 3.8) is 0 Å². The van der Waals surface area contributed by atoms with E-state index in [0.29, 0.717) is 13.0 Å². The third-order valence-corrected chi connectivity index (χ3v) is 3.33. The quantitative estimate of drug-likeness (QED) is 0.880. The summed E-state index contributed by atoms with van der Waals surface area (Å²) in [7, 11) is 0. The summed E-state index contributed by atoms with van der Waals surface area (Å²) >= 11 is 0. The Morgan fingerprint density at radius 1 is 1.25 bits per heavy atom. The van der Waals surface area contributed by atoms with Crippen LogP contribution in [-0.2, 0) is 13.0 Å². The van der Waals surface area contributed by atoms with Crippen molar-refractivity contribution in [2.45, 2.75) is 32.9 Å². The van der Waals surface area contributed by atoms with E-state index in [1.165, 1.54) is 18.2 Å². The van der Waals surface area contributed by atoms with E-state index in [1.807, 2.05) is 24.6 Å². The van der Waals surface area contributed by atoms with E-state index in [-0.39, 0.29) is 5.56 Å². The van der Waals surface area contributed by atoms with Gasteiger partial charge in [0.05, 0.1) is 0 Å². The number of nitrogens with one attached hydrogen (secondary N) is 1. The second-order valence-electron chi connectivity index (χ2n) is 4.58. The first-order valence-corrected chi connectivity index (χ1v) is 6.84. The average molecular weight is 279 g/mol. The molecule has 0 aliphatic carbocycles. The van der Waals surface area contributed by atoms with Gasteiger partial charge in [-0.3, -0.25) is 0 Å². The van der Waals surface area contributed by atoms with Crippen molar-refractivity contribution in [3.8, 4) is 0 Å². The second-order valence-corrected chi connectivity index (χ2v) is 4.58. The molecule has 20 heavy (non-hydrogen) atoms. The Kier molecular flexibility index (Phi) is 4.84. The second kappa shape index (κ2) is 6.61. The minimum absolute atomic E-state index is 0.0833. The van der Waals surface area contributed by atoms with Crippen LogP contribution in [0.25, 0.3) is 0 Å². The lowest BCUT2D eigenvalue weighted by atomic mass is 10.0. The predicted octanol–water partition coefficient (Wildman–Crippen LogP) is 3.07. The normalized spacial score (nSPS) is 12.6. The molecule has 0 spiro atoms. The third-order valence-electron chi connectivity index (χ3n) is 3.33. The molecule has 1 unspecified atom stereocenters. The number of aryl methyl sites for hydroxylation is 1. The summed E-state index contributed by atoms with van der Waals surface area (Å²) in [5, 5.41) is 3.14. The summed E-state index contributed by atoms with van der Waals surface area (Å²) in [4.78, 5) is 4.27. The molecule has 0 fully saturated rings. The van der Waals surface area contributed by atoms with Gasteiger partial charge in [-0.15, -0.1) is 0 Å². The van der Waals surface area contributed by atoms with Crippen LogP contribution in [-0.4, -0.2) is 16.1 Å². The van der Waals surface area contributed by atoms with E-state index in [0.717, 1.165) is 12.4 Å². The highest BCUT2D eigenvalue weighted by Gasteiger charge is 2.21. The van der Waals surface area contributed by atoms with Crippen LogP contribution in [0.2, 0.25) is 0 Å². The van der Waals surface area contributed by atoms with Crippen molar-refractivity contribution < 1.29 is 8.78 Å². The van der Waals surface area contributed by atoms with Crippen molar-refractivity contribution >= 4 is 0 Å². The van der Waals surface area contributed by atoms with E-state index in [9.17, 15) is 8.78 Å². The van der Waals surface area contributed by atoms with Gasteiger partial charge in [0.2, 0.25) is 0 Å². The van der Waals surface area contributed by atoms with Crippen LogP contribution in [0.4, 0.5) is 8.78 Å². The molecule has 1 aromatic heterocycles. The van der Waals surface area contributed by atoms with E-state index in [1.54, 1.807) is 6.20 Å². The van der Waals surface area contributed by atoms with Gasteiger partial charge >= 0.3 is 0 Å². The van der Waals surface area contributed by atoms with Crippen LogP contribution in [0.3, 0.4) is 0 Å². The molecule has 2 rings (SSSR count). The van der Waals surface area contributed by atoms with E-state index >= 15 is 0 Å². The van der Waals surface area contributed by atoms with Gasteiger partial charge in [0, 0.05) is 37.0 Å². The summed E-state index contributed by atoms with van der Waals surface area (Å²) in [6.45, 7) is 5.34. The first kappa shape index (κ1) is 14.7. The summed E-state index contributed by atoms with van der Waals surface area (Å²) in [5.41, 5.74) is 0.0833. The highest BCUT2D eigenvalue weighted by Crippen LogP contribution is 2.23. The van der Waals surface area contributed by atoms with Crippen LogP contribution >= 0.6 is 0 Å². The van der Waals surface area contributed by atoms with Gasteiger partial charge in [-0.1, -0.05) is 13.0 Å². The molecule has 0 saturated carbocycles. The molecule has 1 atom stereocenters. The molecule has 0 aliphatic heterocycles. The SMILES string of the molecule is CCNC(Cc1nccn1CC)c1c(F)cccc1F. The molecule has 108 valence electrons. The maximum absolute atomic E-state index is 13.9. The minimum Gasteiger partial charge on any atom is -0.335 e. The van der Waals surface area contributed by atoms with E-state index in [2.05, 4.69) is 10.3 Å². The number of hydrogen-bond acceptors (Lipinski definition) is 2. The van der Waals surface area contributed by atoms with Crippen LogP contribution < -0.4 is 5.32 Å². The van der Waals surface area contributed by atoms with Crippen molar-refractivity contribution in [1.29, 1.82) is 0 Å². The first-order valence-electron chi connectivity index (χ1n) is 6.84. The fourth-order valence-electron chi connectivity index (χ4n) is 2.37. The molecule has 1 heterocycles. The van der Waals surface area contributed by atoms with Gasteiger partial charge in [-0.25, -0.2) is 13.8 Å². The molecule has 2 aromatic rings. The fraction of sp³-hybridized carbons (Fsp3) is 0.400. The lowest BCUT2D eigenvalue weighted by Crippen LogP contribution is -2.26. The Bertz CT molecular complexity index is 546. The molecular formula is C15H19F2N3. The molecule has 5 heteroatoms. The Morgan fingerprint density at radius 3 is 2.55 bits per heavy atom. The number of likely N-dealkylation sites (N-methyl/N-ethyl adjacent to an activating group) is 1. The molecule has 0 saturated heterocycles. The van der Waals surface area contributed by atoms with Crippen molar-refractivity contribution in [2.24, 2.45) is 0 Å². The molecule has 1 N–H and O–H groups in total. The number of imidazole rings is 1.